The third-order valence-electron chi connectivity index (χ3n) is 5.39. The molecule has 1 aliphatic heterocycles. The molecule has 0 unspecified atom stereocenters. The smallest absolute Gasteiger partial charge is 0.223 e. The fraction of sp³-hybridized carbons (Fsp3) is 0.381. The summed E-state index contributed by atoms with van der Waals surface area (Å²) in [6, 6.07) is 6.73. The lowest BCUT2D eigenvalue weighted by Crippen LogP contribution is -2.28. The summed E-state index contributed by atoms with van der Waals surface area (Å²) in [6.45, 7) is 1.62. The molecule has 5 rings (SSSR count). The molecule has 2 aliphatic rings. The molecule has 1 N–H and O–H groups in total. The van der Waals surface area contributed by atoms with Gasteiger partial charge < -0.3 is 10.1 Å². The summed E-state index contributed by atoms with van der Waals surface area (Å²) in [4.78, 5) is 9.51. The second-order valence-electron chi connectivity index (χ2n) is 7.21. The molecule has 0 radical (unpaired) electrons. The van der Waals surface area contributed by atoms with Crippen molar-refractivity contribution in [3.05, 3.63) is 59.7 Å². The molecule has 1 fully saturated rings. The highest BCUT2D eigenvalue weighted by atomic mass is 16.5. The molecule has 3 aromatic heterocycles. The average Bonchev–Trinajstić information content (AvgIpc) is 3.07. The van der Waals surface area contributed by atoms with Crippen LogP contribution in [0, 0.1) is 0 Å². The first-order chi connectivity index (χ1) is 13.4. The Balaban J connectivity index is 1.47. The van der Waals surface area contributed by atoms with Gasteiger partial charge in [0.25, 0.3) is 0 Å². The molecule has 4 heterocycles. The van der Waals surface area contributed by atoms with Crippen molar-refractivity contribution < 1.29 is 4.74 Å². The van der Waals surface area contributed by atoms with Gasteiger partial charge in [0.05, 0.1) is 11.2 Å². The number of ether oxygens (including phenoxy) is 1. The minimum Gasteiger partial charge on any atom is -0.381 e. The molecule has 0 atom stereocenters. The zero-order valence-corrected chi connectivity index (χ0v) is 15.3. The Morgan fingerprint density at radius 3 is 3.04 bits per heavy atom. The highest BCUT2D eigenvalue weighted by Crippen LogP contribution is 2.31. The molecule has 0 aromatic carbocycles. The number of hydrogen-bond acceptors (Lipinski definition) is 5. The van der Waals surface area contributed by atoms with Gasteiger partial charge in [-0.1, -0.05) is 6.08 Å². The molecule has 3 aromatic rings. The van der Waals surface area contributed by atoms with Crippen molar-refractivity contribution in [3.8, 4) is 0 Å². The highest BCUT2D eigenvalue weighted by Gasteiger charge is 2.19. The van der Waals surface area contributed by atoms with Gasteiger partial charge in [-0.25, -0.2) is 14.5 Å². The number of aryl methyl sites for hydroxylation is 1. The number of rotatable bonds is 3. The number of anilines is 1. The Bertz CT molecular complexity index is 987. The van der Waals surface area contributed by atoms with Crippen molar-refractivity contribution in [3.63, 3.8) is 0 Å². The summed E-state index contributed by atoms with van der Waals surface area (Å²) >= 11 is 0. The number of pyridine rings is 1. The van der Waals surface area contributed by atoms with Gasteiger partial charge in [-0.3, -0.25) is 0 Å². The van der Waals surface area contributed by atoms with E-state index in [0.29, 0.717) is 6.04 Å². The van der Waals surface area contributed by atoms with Crippen LogP contribution in [0.4, 0.5) is 5.95 Å². The van der Waals surface area contributed by atoms with Crippen molar-refractivity contribution in [1.82, 2.24) is 19.6 Å². The predicted octanol–water partition coefficient (Wildman–Crippen LogP) is 3.48. The summed E-state index contributed by atoms with van der Waals surface area (Å²) in [5.74, 6) is 0.744. The molecule has 0 bridgehead atoms. The third-order valence-corrected chi connectivity index (χ3v) is 5.39. The van der Waals surface area contributed by atoms with E-state index in [2.05, 4.69) is 33.6 Å². The van der Waals surface area contributed by atoms with E-state index in [1.807, 2.05) is 29.2 Å². The maximum absolute atomic E-state index is 5.44. The molecule has 6 heteroatoms. The van der Waals surface area contributed by atoms with Crippen LogP contribution in [0.15, 0.2) is 42.9 Å². The molecule has 6 nitrogen and oxygen atoms in total. The standard InChI is InChI=1S/C21H23N5O/c1-2-4-20-19(14-22-21(25-20)24-16-7-11-27-12-8-16)18(3-1)15-6-10-26-17(13-15)5-9-23-26/h3,5-6,9-10,13-14,16H,1-2,4,7-8,11-12H2,(H,22,24,25). The molecule has 0 saturated carbocycles. The minimum atomic E-state index is 0.405. The van der Waals surface area contributed by atoms with Gasteiger partial charge in [0, 0.05) is 43.4 Å². The van der Waals surface area contributed by atoms with Crippen molar-refractivity contribution in [2.75, 3.05) is 18.5 Å². The zero-order valence-electron chi connectivity index (χ0n) is 15.3. The van der Waals surface area contributed by atoms with Gasteiger partial charge in [0.1, 0.15) is 0 Å². The minimum absolute atomic E-state index is 0.405. The Labute approximate surface area is 158 Å². The number of aromatic nitrogens is 4. The maximum atomic E-state index is 5.44. The largest absolute Gasteiger partial charge is 0.381 e. The van der Waals surface area contributed by atoms with Gasteiger partial charge in [-0.15, -0.1) is 0 Å². The van der Waals surface area contributed by atoms with Crippen LogP contribution in [0.3, 0.4) is 0 Å². The number of fused-ring (bicyclic) bond motifs is 2. The van der Waals surface area contributed by atoms with E-state index in [9.17, 15) is 0 Å². The predicted molar refractivity (Wildman–Crippen MR) is 105 cm³/mol. The molecule has 27 heavy (non-hydrogen) atoms. The van der Waals surface area contributed by atoms with Crippen LogP contribution in [-0.4, -0.2) is 38.8 Å². The van der Waals surface area contributed by atoms with E-state index in [1.54, 1.807) is 0 Å². The van der Waals surface area contributed by atoms with E-state index >= 15 is 0 Å². The molecule has 1 aliphatic carbocycles. The van der Waals surface area contributed by atoms with Crippen LogP contribution in [0.5, 0.6) is 0 Å². The summed E-state index contributed by atoms with van der Waals surface area (Å²) in [5, 5.41) is 7.78. The Morgan fingerprint density at radius 1 is 1.19 bits per heavy atom. The average molecular weight is 361 g/mol. The normalized spacial score (nSPS) is 18.0. The first kappa shape index (κ1) is 16.4. The summed E-state index contributed by atoms with van der Waals surface area (Å²) in [6.07, 6.45) is 13.3. The second-order valence-corrected chi connectivity index (χ2v) is 7.21. The van der Waals surface area contributed by atoms with E-state index < -0.39 is 0 Å². The highest BCUT2D eigenvalue weighted by molar-refractivity contribution is 5.82. The molecule has 0 spiro atoms. The Kier molecular flexibility index (Phi) is 4.33. The van der Waals surface area contributed by atoms with E-state index in [1.165, 1.54) is 11.1 Å². The molecular formula is C21H23N5O. The van der Waals surface area contributed by atoms with E-state index in [4.69, 9.17) is 9.72 Å². The first-order valence-electron chi connectivity index (χ1n) is 9.71. The third kappa shape index (κ3) is 3.32. The Hall–Kier alpha value is -2.73. The Morgan fingerprint density at radius 2 is 2.11 bits per heavy atom. The first-order valence-corrected chi connectivity index (χ1v) is 9.71. The van der Waals surface area contributed by atoms with Gasteiger partial charge in [-0.05, 0) is 61.4 Å². The summed E-state index contributed by atoms with van der Waals surface area (Å²) in [5.41, 5.74) is 5.80. The van der Waals surface area contributed by atoms with E-state index in [-0.39, 0.29) is 0 Å². The van der Waals surface area contributed by atoms with Crippen LogP contribution >= 0.6 is 0 Å². The molecule has 138 valence electrons. The van der Waals surface area contributed by atoms with Crippen LogP contribution in [0.25, 0.3) is 11.1 Å². The van der Waals surface area contributed by atoms with Gasteiger partial charge in [0.15, 0.2) is 0 Å². The van der Waals surface area contributed by atoms with Gasteiger partial charge in [-0.2, -0.15) is 5.10 Å². The van der Waals surface area contributed by atoms with E-state index in [0.717, 1.165) is 68.0 Å². The van der Waals surface area contributed by atoms with Crippen molar-refractivity contribution in [2.45, 2.75) is 38.1 Å². The quantitative estimate of drug-likeness (QED) is 0.774. The molecule has 1 saturated heterocycles. The number of nitrogens with zero attached hydrogens (tertiary/aromatic N) is 4. The summed E-state index contributed by atoms with van der Waals surface area (Å²) < 4.78 is 7.33. The number of nitrogens with one attached hydrogen (secondary N) is 1. The fourth-order valence-electron chi connectivity index (χ4n) is 3.92. The van der Waals surface area contributed by atoms with Crippen LogP contribution in [0.2, 0.25) is 0 Å². The fourth-order valence-corrected chi connectivity index (χ4v) is 3.92. The summed E-state index contributed by atoms with van der Waals surface area (Å²) in [7, 11) is 0. The topological polar surface area (TPSA) is 64.3 Å². The van der Waals surface area contributed by atoms with Crippen molar-refractivity contribution in [2.24, 2.45) is 0 Å². The zero-order chi connectivity index (χ0) is 18.1. The lowest BCUT2D eigenvalue weighted by Gasteiger charge is -2.23. The monoisotopic (exact) mass is 361 g/mol. The molecular weight excluding hydrogens is 338 g/mol. The van der Waals surface area contributed by atoms with Crippen LogP contribution < -0.4 is 5.32 Å². The number of hydrogen-bond donors (Lipinski definition) is 1. The lowest BCUT2D eigenvalue weighted by atomic mass is 9.98. The molecule has 0 amide bonds. The van der Waals surface area contributed by atoms with Gasteiger partial charge >= 0.3 is 0 Å². The van der Waals surface area contributed by atoms with Crippen molar-refractivity contribution in [1.29, 1.82) is 0 Å². The second kappa shape index (κ2) is 7.12. The number of allylic oxidation sites excluding steroid dienone is 1. The van der Waals surface area contributed by atoms with Gasteiger partial charge in [0.2, 0.25) is 5.95 Å². The van der Waals surface area contributed by atoms with Crippen LogP contribution in [0.1, 0.15) is 42.5 Å². The van der Waals surface area contributed by atoms with Crippen molar-refractivity contribution >= 4 is 17.0 Å². The SMILES string of the molecule is C1=C(c2ccn3nccc3c2)c2cnc(NC3CCOCC3)nc2CCC1. The van der Waals surface area contributed by atoms with Crippen LogP contribution in [-0.2, 0) is 11.2 Å². The maximum Gasteiger partial charge on any atom is 0.223 e. The lowest BCUT2D eigenvalue weighted by molar-refractivity contribution is 0.0903.